The normalized spacial score (nSPS) is 11.9. The van der Waals surface area contributed by atoms with Crippen LogP contribution in [0.2, 0.25) is 0 Å². The number of hydrogen-bond donors (Lipinski definition) is 1. The third-order valence-corrected chi connectivity index (χ3v) is 5.19. The van der Waals surface area contributed by atoms with Gasteiger partial charge in [-0.2, -0.15) is 4.31 Å². The molecule has 6 heteroatoms. The Morgan fingerprint density at radius 3 is 2.21 bits per heavy atom. The van der Waals surface area contributed by atoms with E-state index in [0.717, 1.165) is 16.8 Å². The van der Waals surface area contributed by atoms with Crippen LogP contribution >= 0.6 is 0 Å². The van der Waals surface area contributed by atoms with Crippen molar-refractivity contribution in [2.45, 2.75) is 18.7 Å². The summed E-state index contributed by atoms with van der Waals surface area (Å²) >= 11 is 0. The van der Waals surface area contributed by atoms with Gasteiger partial charge in [-0.15, -0.1) is 0 Å². The summed E-state index contributed by atoms with van der Waals surface area (Å²) in [4.78, 5) is 0.380. The number of sulfonamides is 1. The van der Waals surface area contributed by atoms with Gasteiger partial charge < -0.3 is 10.1 Å². The average molecular weight is 286 g/mol. The number of aryl methyl sites for hydroxylation is 2. The number of methoxy groups -OCH3 is 1. The van der Waals surface area contributed by atoms with Crippen molar-refractivity contribution in [2.75, 3.05) is 39.7 Å². The highest BCUT2D eigenvalue weighted by Gasteiger charge is 2.24. The molecule has 0 saturated carbocycles. The van der Waals surface area contributed by atoms with E-state index in [9.17, 15) is 8.42 Å². The second-order valence-corrected chi connectivity index (χ2v) is 6.49. The number of ether oxygens (including phenoxy) is 1. The summed E-state index contributed by atoms with van der Waals surface area (Å²) in [6.45, 7) is 4.34. The molecule has 5 nitrogen and oxygen atoms in total. The van der Waals surface area contributed by atoms with Gasteiger partial charge in [0.05, 0.1) is 11.5 Å². The molecule has 0 fully saturated rings. The maximum Gasteiger partial charge on any atom is 0.243 e. The second-order valence-electron chi connectivity index (χ2n) is 4.51. The minimum absolute atomic E-state index is 0.339. The van der Waals surface area contributed by atoms with Crippen LogP contribution in [0.5, 0.6) is 0 Å². The smallest absolute Gasteiger partial charge is 0.243 e. The summed E-state index contributed by atoms with van der Waals surface area (Å²) in [6.07, 6.45) is 0. The van der Waals surface area contributed by atoms with E-state index in [1.165, 1.54) is 4.31 Å². The lowest BCUT2D eigenvalue weighted by Crippen LogP contribution is -2.31. The van der Waals surface area contributed by atoms with E-state index in [0.29, 0.717) is 18.0 Å². The molecule has 0 aliphatic carbocycles. The van der Waals surface area contributed by atoms with Crippen molar-refractivity contribution in [2.24, 2.45) is 0 Å². The predicted octanol–water partition coefficient (Wildman–Crippen LogP) is 1.61. The number of anilines is 1. The van der Waals surface area contributed by atoms with Gasteiger partial charge in [-0.25, -0.2) is 8.42 Å². The van der Waals surface area contributed by atoms with Gasteiger partial charge in [0.25, 0.3) is 0 Å². The molecule has 0 atom stereocenters. The van der Waals surface area contributed by atoms with Crippen LogP contribution in [0.4, 0.5) is 5.69 Å². The van der Waals surface area contributed by atoms with E-state index in [2.05, 4.69) is 5.32 Å². The molecule has 0 unspecified atom stereocenters. The van der Waals surface area contributed by atoms with Crippen molar-refractivity contribution in [3.05, 3.63) is 23.3 Å². The second kappa shape index (κ2) is 6.36. The van der Waals surface area contributed by atoms with Gasteiger partial charge in [-0.05, 0) is 37.1 Å². The number of hydrogen-bond acceptors (Lipinski definition) is 4. The van der Waals surface area contributed by atoms with E-state index in [1.807, 2.05) is 33.0 Å². The van der Waals surface area contributed by atoms with Crippen LogP contribution in [-0.2, 0) is 14.8 Å². The van der Waals surface area contributed by atoms with Gasteiger partial charge in [0, 0.05) is 33.4 Å². The van der Waals surface area contributed by atoms with E-state index in [1.54, 1.807) is 14.2 Å². The quantitative estimate of drug-likeness (QED) is 0.863. The fourth-order valence-corrected chi connectivity index (χ4v) is 3.56. The fourth-order valence-electron chi connectivity index (χ4n) is 2.00. The van der Waals surface area contributed by atoms with Crippen LogP contribution < -0.4 is 5.32 Å². The molecule has 1 N–H and O–H groups in total. The van der Waals surface area contributed by atoms with Gasteiger partial charge >= 0.3 is 0 Å². The molecule has 0 aromatic heterocycles. The van der Waals surface area contributed by atoms with Crippen LogP contribution in [0.1, 0.15) is 11.1 Å². The molecule has 1 aromatic rings. The zero-order valence-electron chi connectivity index (χ0n) is 12.1. The number of benzene rings is 1. The van der Waals surface area contributed by atoms with Crippen molar-refractivity contribution in [3.8, 4) is 0 Å². The van der Waals surface area contributed by atoms with E-state index in [4.69, 9.17) is 4.74 Å². The Hall–Kier alpha value is -1.11. The van der Waals surface area contributed by atoms with Crippen LogP contribution in [-0.4, -0.2) is 47.1 Å². The highest BCUT2D eigenvalue weighted by molar-refractivity contribution is 7.89. The largest absolute Gasteiger partial charge is 0.388 e. The number of rotatable bonds is 6. The van der Waals surface area contributed by atoms with Gasteiger partial charge in [-0.1, -0.05) is 0 Å². The minimum Gasteiger partial charge on any atom is -0.388 e. The van der Waals surface area contributed by atoms with Crippen LogP contribution in [0.3, 0.4) is 0 Å². The van der Waals surface area contributed by atoms with Crippen LogP contribution in [0.15, 0.2) is 17.0 Å². The first-order valence-electron chi connectivity index (χ1n) is 6.09. The fraction of sp³-hybridized carbons (Fsp3) is 0.538. The third-order valence-electron chi connectivity index (χ3n) is 3.03. The first-order valence-corrected chi connectivity index (χ1v) is 7.53. The molecule has 0 bridgehead atoms. The lowest BCUT2D eigenvalue weighted by Gasteiger charge is -2.20. The molecule has 19 heavy (non-hydrogen) atoms. The molecule has 0 aliphatic rings. The van der Waals surface area contributed by atoms with Gasteiger partial charge in [0.15, 0.2) is 0 Å². The molecule has 108 valence electrons. The summed E-state index contributed by atoms with van der Waals surface area (Å²) < 4.78 is 31.3. The minimum atomic E-state index is -3.47. The Morgan fingerprint density at radius 2 is 1.79 bits per heavy atom. The lowest BCUT2D eigenvalue weighted by molar-refractivity contribution is 0.185. The Balaban J connectivity index is 3.22. The Kier molecular flexibility index (Phi) is 5.34. The Labute approximate surface area is 115 Å². The van der Waals surface area contributed by atoms with E-state index in [-0.39, 0.29) is 0 Å². The lowest BCUT2D eigenvalue weighted by atomic mass is 10.1. The standard InChI is InChI=1S/C13H22N2O3S/c1-10-8-12(14-3)9-11(2)13(10)19(16,17)15(4)6-7-18-5/h8-9,14H,6-7H2,1-5H3. The maximum absolute atomic E-state index is 12.5. The number of nitrogens with zero attached hydrogens (tertiary/aromatic N) is 1. The molecule has 0 amide bonds. The summed E-state index contributed by atoms with van der Waals surface area (Å²) in [5, 5.41) is 3.02. The number of nitrogens with one attached hydrogen (secondary N) is 1. The summed E-state index contributed by atoms with van der Waals surface area (Å²) in [7, 11) is 1.46. The highest BCUT2D eigenvalue weighted by atomic mass is 32.2. The topological polar surface area (TPSA) is 58.6 Å². The molecule has 1 rings (SSSR count). The highest BCUT2D eigenvalue weighted by Crippen LogP contribution is 2.26. The molecule has 0 heterocycles. The first-order chi connectivity index (χ1) is 8.84. The van der Waals surface area contributed by atoms with Gasteiger partial charge in [-0.3, -0.25) is 0 Å². The van der Waals surface area contributed by atoms with E-state index < -0.39 is 10.0 Å². The summed E-state index contributed by atoms with van der Waals surface area (Å²) in [5.41, 5.74) is 2.40. The van der Waals surface area contributed by atoms with Crippen molar-refractivity contribution in [1.29, 1.82) is 0 Å². The predicted molar refractivity (Wildman–Crippen MR) is 77.2 cm³/mol. The molecule has 0 aliphatic heterocycles. The average Bonchev–Trinajstić information content (AvgIpc) is 2.34. The third kappa shape index (κ3) is 3.46. The molecule has 0 spiro atoms. The summed E-state index contributed by atoms with van der Waals surface area (Å²) in [5.74, 6) is 0. The molecule has 0 radical (unpaired) electrons. The van der Waals surface area contributed by atoms with Crippen molar-refractivity contribution >= 4 is 15.7 Å². The maximum atomic E-state index is 12.5. The van der Waals surface area contributed by atoms with Crippen LogP contribution in [0.25, 0.3) is 0 Å². The SMILES string of the molecule is CNc1cc(C)c(S(=O)(=O)N(C)CCOC)c(C)c1. The zero-order valence-corrected chi connectivity index (χ0v) is 13.0. The number of likely N-dealkylation sites (N-methyl/N-ethyl adjacent to an activating group) is 1. The molecular formula is C13H22N2O3S. The Bertz CT molecular complexity index is 518. The van der Waals surface area contributed by atoms with E-state index >= 15 is 0 Å². The van der Waals surface area contributed by atoms with Crippen molar-refractivity contribution in [3.63, 3.8) is 0 Å². The molecule has 1 aromatic carbocycles. The molecule has 0 saturated heterocycles. The van der Waals surface area contributed by atoms with Gasteiger partial charge in [0.1, 0.15) is 0 Å². The van der Waals surface area contributed by atoms with Crippen molar-refractivity contribution in [1.82, 2.24) is 4.31 Å². The van der Waals surface area contributed by atoms with Gasteiger partial charge in [0.2, 0.25) is 10.0 Å². The first kappa shape index (κ1) is 15.9. The molecular weight excluding hydrogens is 264 g/mol. The zero-order chi connectivity index (χ0) is 14.6. The van der Waals surface area contributed by atoms with Crippen LogP contribution in [0, 0.1) is 13.8 Å². The Morgan fingerprint density at radius 1 is 1.26 bits per heavy atom. The summed E-state index contributed by atoms with van der Waals surface area (Å²) in [6, 6.07) is 3.67. The monoisotopic (exact) mass is 286 g/mol. The van der Waals surface area contributed by atoms with Crippen molar-refractivity contribution < 1.29 is 13.2 Å².